The van der Waals surface area contributed by atoms with Gasteiger partial charge in [0, 0.05) is 44.2 Å². The van der Waals surface area contributed by atoms with Gasteiger partial charge >= 0.3 is 0 Å². The van der Waals surface area contributed by atoms with E-state index in [1.165, 1.54) is 25.3 Å². The lowest BCUT2D eigenvalue weighted by Gasteiger charge is -2.30. The third-order valence-corrected chi connectivity index (χ3v) is 5.67. The molecule has 2 fully saturated rings. The molecule has 0 bridgehead atoms. The van der Waals surface area contributed by atoms with Crippen molar-refractivity contribution in [1.82, 2.24) is 15.1 Å². The fraction of sp³-hybridized carbons (Fsp3) is 0.600. The van der Waals surface area contributed by atoms with Crippen LogP contribution in [0.3, 0.4) is 0 Å². The highest BCUT2D eigenvalue weighted by Gasteiger charge is 2.33. The number of halogens is 1. The summed E-state index contributed by atoms with van der Waals surface area (Å²) in [6.45, 7) is 3.00. The van der Waals surface area contributed by atoms with Crippen LogP contribution in [0.4, 0.5) is 4.39 Å². The van der Waals surface area contributed by atoms with E-state index < -0.39 is 5.82 Å². The van der Waals surface area contributed by atoms with Crippen molar-refractivity contribution < 1.29 is 23.5 Å². The maximum atomic E-state index is 13.3. The fourth-order valence-corrected chi connectivity index (χ4v) is 3.88. The molecule has 1 aromatic carbocycles. The molecule has 0 radical (unpaired) electrons. The first-order valence-corrected chi connectivity index (χ1v) is 9.68. The van der Waals surface area contributed by atoms with Crippen LogP contribution in [-0.4, -0.2) is 80.7 Å². The number of nitrogens with one attached hydrogen (secondary N) is 1. The molecule has 7 nitrogen and oxygen atoms in total. The Bertz CT molecular complexity index is 709. The van der Waals surface area contributed by atoms with Gasteiger partial charge in [-0.2, -0.15) is 0 Å². The van der Waals surface area contributed by atoms with E-state index in [4.69, 9.17) is 9.47 Å². The summed E-state index contributed by atoms with van der Waals surface area (Å²) in [5, 5.41) is 2.91. The van der Waals surface area contributed by atoms with Crippen LogP contribution in [0.2, 0.25) is 0 Å². The van der Waals surface area contributed by atoms with Crippen molar-refractivity contribution in [2.75, 3.05) is 47.0 Å². The Morgan fingerprint density at radius 3 is 2.68 bits per heavy atom. The molecule has 2 amide bonds. The van der Waals surface area contributed by atoms with Gasteiger partial charge in [0.05, 0.1) is 25.9 Å². The third-order valence-electron chi connectivity index (χ3n) is 5.67. The van der Waals surface area contributed by atoms with Crippen LogP contribution in [0.25, 0.3) is 0 Å². The van der Waals surface area contributed by atoms with Crippen LogP contribution in [0.15, 0.2) is 18.2 Å². The maximum absolute atomic E-state index is 13.3. The molecule has 28 heavy (non-hydrogen) atoms. The van der Waals surface area contributed by atoms with Crippen LogP contribution >= 0.6 is 0 Å². The molecule has 0 saturated carbocycles. The minimum atomic E-state index is -0.447. The molecule has 1 aromatic rings. The fourth-order valence-electron chi connectivity index (χ4n) is 3.88. The first-order valence-electron chi connectivity index (χ1n) is 9.68. The second kappa shape index (κ2) is 9.34. The summed E-state index contributed by atoms with van der Waals surface area (Å²) in [5.41, 5.74) is 0.309. The Labute approximate surface area is 164 Å². The number of nitrogens with zero attached hydrogens (tertiary/aromatic N) is 2. The molecule has 1 N–H and O–H groups in total. The standard InChI is InChI=1S/C20H28FN3O4/c1-23-15(12-19(25)24-7-9-28-10-8-24)4-5-16(23)13-22-20(26)17-6-3-14(21)11-18(17)27-2/h3,6,11,15-16H,4-5,7-10,12-13H2,1-2H3,(H,22,26)/t15-,16+/m1/s1. The van der Waals surface area contributed by atoms with Crippen LogP contribution in [0, 0.1) is 5.82 Å². The minimum Gasteiger partial charge on any atom is -0.496 e. The van der Waals surface area contributed by atoms with E-state index in [2.05, 4.69) is 10.2 Å². The van der Waals surface area contributed by atoms with Gasteiger partial charge < -0.3 is 19.7 Å². The summed E-state index contributed by atoms with van der Waals surface area (Å²) in [6, 6.07) is 4.21. The average molecular weight is 393 g/mol. The Hall–Kier alpha value is -2.19. The van der Waals surface area contributed by atoms with Gasteiger partial charge in [0.15, 0.2) is 0 Å². The van der Waals surface area contributed by atoms with Crippen LogP contribution < -0.4 is 10.1 Å². The quantitative estimate of drug-likeness (QED) is 0.788. The summed E-state index contributed by atoms with van der Waals surface area (Å²) in [6.07, 6.45) is 2.33. The second-order valence-corrected chi connectivity index (χ2v) is 7.30. The predicted molar refractivity (Wildman–Crippen MR) is 102 cm³/mol. The molecule has 0 spiro atoms. The molecule has 0 unspecified atom stereocenters. The molecule has 2 atom stereocenters. The van der Waals surface area contributed by atoms with Crippen molar-refractivity contribution in [1.29, 1.82) is 0 Å². The number of hydrogen-bond donors (Lipinski definition) is 1. The Morgan fingerprint density at radius 1 is 1.25 bits per heavy atom. The number of hydrogen-bond acceptors (Lipinski definition) is 5. The molecule has 2 aliphatic rings. The van der Waals surface area contributed by atoms with Crippen molar-refractivity contribution in [2.45, 2.75) is 31.3 Å². The number of morpholine rings is 1. The van der Waals surface area contributed by atoms with E-state index in [1.807, 2.05) is 11.9 Å². The summed E-state index contributed by atoms with van der Waals surface area (Å²) in [7, 11) is 3.41. The van der Waals surface area contributed by atoms with Gasteiger partial charge in [-0.3, -0.25) is 14.5 Å². The van der Waals surface area contributed by atoms with E-state index in [0.29, 0.717) is 44.8 Å². The smallest absolute Gasteiger partial charge is 0.255 e. The van der Waals surface area contributed by atoms with E-state index >= 15 is 0 Å². The monoisotopic (exact) mass is 393 g/mol. The lowest BCUT2D eigenvalue weighted by atomic mass is 10.1. The van der Waals surface area contributed by atoms with Crippen molar-refractivity contribution in [3.63, 3.8) is 0 Å². The molecule has 2 heterocycles. The first-order chi connectivity index (χ1) is 13.5. The molecule has 3 rings (SSSR count). The molecule has 2 aliphatic heterocycles. The Balaban J connectivity index is 1.50. The number of rotatable bonds is 6. The number of carbonyl (C=O) groups excluding carboxylic acids is 2. The van der Waals surface area contributed by atoms with Crippen molar-refractivity contribution in [2.24, 2.45) is 0 Å². The maximum Gasteiger partial charge on any atom is 0.255 e. The van der Waals surface area contributed by atoms with E-state index in [-0.39, 0.29) is 29.6 Å². The van der Waals surface area contributed by atoms with Crippen molar-refractivity contribution in [3.05, 3.63) is 29.6 Å². The van der Waals surface area contributed by atoms with E-state index in [0.717, 1.165) is 12.8 Å². The number of methoxy groups -OCH3 is 1. The van der Waals surface area contributed by atoms with Crippen molar-refractivity contribution >= 4 is 11.8 Å². The van der Waals surface area contributed by atoms with Crippen LogP contribution in [0.5, 0.6) is 5.75 Å². The van der Waals surface area contributed by atoms with Gasteiger partial charge in [0.2, 0.25) is 5.91 Å². The van der Waals surface area contributed by atoms with Gasteiger partial charge in [-0.25, -0.2) is 4.39 Å². The molecule has 2 saturated heterocycles. The van der Waals surface area contributed by atoms with Gasteiger partial charge in [-0.1, -0.05) is 0 Å². The Kier molecular flexibility index (Phi) is 6.85. The molecule has 8 heteroatoms. The third kappa shape index (κ3) is 4.80. The number of likely N-dealkylation sites (N-methyl/N-ethyl adjacent to an activating group) is 1. The summed E-state index contributed by atoms with van der Waals surface area (Å²) in [5.74, 6) is -0.359. The predicted octanol–water partition coefficient (Wildman–Crippen LogP) is 1.28. The second-order valence-electron chi connectivity index (χ2n) is 7.30. The van der Waals surface area contributed by atoms with E-state index in [1.54, 1.807) is 0 Å². The zero-order valence-electron chi connectivity index (χ0n) is 16.4. The zero-order valence-corrected chi connectivity index (χ0v) is 16.4. The summed E-state index contributed by atoms with van der Waals surface area (Å²) in [4.78, 5) is 29.0. The number of benzene rings is 1. The highest BCUT2D eigenvalue weighted by atomic mass is 19.1. The molecular weight excluding hydrogens is 365 g/mol. The van der Waals surface area contributed by atoms with Gasteiger partial charge in [-0.15, -0.1) is 0 Å². The normalized spacial score (nSPS) is 22.9. The number of carbonyl (C=O) groups is 2. The zero-order chi connectivity index (χ0) is 20.1. The number of likely N-dealkylation sites (tertiary alicyclic amines) is 1. The first kappa shape index (κ1) is 20.5. The number of amides is 2. The summed E-state index contributed by atoms with van der Waals surface area (Å²) >= 11 is 0. The molecule has 0 aliphatic carbocycles. The molecular formula is C20H28FN3O4. The average Bonchev–Trinajstić information content (AvgIpc) is 3.06. The van der Waals surface area contributed by atoms with E-state index in [9.17, 15) is 14.0 Å². The topological polar surface area (TPSA) is 71.1 Å². The Morgan fingerprint density at radius 2 is 1.96 bits per heavy atom. The largest absolute Gasteiger partial charge is 0.496 e. The lowest BCUT2D eigenvalue weighted by molar-refractivity contribution is -0.136. The van der Waals surface area contributed by atoms with Gasteiger partial charge in [0.1, 0.15) is 11.6 Å². The lowest BCUT2D eigenvalue weighted by Crippen LogP contribution is -2.45. The van der Waals surface area contributed by atoms with Crippen LogP contribution in [0.1, 0.15) is 29.6 Å². The molecule has 0 aromatic heterocycles. The van der Waals surface area contributed by atoms with Gasteiger partial charge in [0.25, 0.3) is 5.91 Å². The SMILES string of the molecule is COc1cc(F)ccc1C(=O)NC[C@@H]1CC[C@H](CC(=O)N2CCOCC2)N1C. The highest BCUT2D eigenvalue weighted by molar-refractivity contribution is 5.96. The highest BCUT2D eigenvalue weighted by Crippen LogP contribution is 2.25. The summed E-state index contributed by atoms with van der Waals surface area (Å²) < 4.78 is 23.7. The molecule has 154 valence electrons. The van der Waals surface area contributed by atoms with Crippen molar-refractivity contribution in [3.8, 4) is 5.75 Å². The number of ether oxygens (including phenoxy) is 2. The van der Waals surface area contributed by atoms with Crippen LogP contribution in [-0.2, 0) is 9.53 Å². The minimum absolute atomic E-state index is 0.165. The van der Waals surface area contributed by atoms with Gasteiger partial charge in [-0.05, 0) is 32.0 Å².